The van der Waals surface area contributed by atoms with Crippen molar-refractivity contribution in [1.29, 1.82) is 0 Å². The number of ether oxygens (including phenoxy) is 1. The summed E-state index contributed by atoms with van der Waals surface area (Å²) in [4.78, 5) is 24.6. The van der Waals surface area contributed by atoms with Crippen LogP contribution < -0.4 is 9.62 Å². The Morgan fingerprint density at radius 1 is 1.18 bits per heavy atom. The van der Waals surface area contributed by atoms with E-state index in [-0.39, 0.29) is 23.7 Å². The monoisotopic (exact) mass is 540 g/mol. The first kappa shape index (κ1) is 26.6. The first-order valence-electron chi connectivity index (χ1n) is 13.3. The van der Waals surface area contributed by atoms with Crippen molar-refractivity contribution >= 4 is 32.8 Å². The van der Waals surface area contributed by atoms with Crippen molar-refractivity contribution in [1.82, 2.24) is 24.5 Å². The molecule has 3 aromatic rings. The molecule has 38 heavy (non-hydrogen) atoms. The molecule has 204 valence electrons. The Hall–Kier alpha value is -3.05. The molecule has 0 aromatic carbocycles. The third-order valence-electron chi connectivity index (χ3n) is 7.54. The summed E-state index contributed by atoms with van der Waals surface area (Å²) < 4.78 is 33.3. The van der Waals surface area contributed by atoms with Gasteiger partial charge in [0.05, 0.1) is 36.0 Å². The number of sulfonamides is 1. The lowest BCUT2D eigenvalue weighted by Gasteiger charge is -2.24. The number of nitrogens with zero attached hydrogens (tertiary/aromatic N) is 5. The first-order valence-corrected chi connectivity index (χ1v) is 15.2. The standard InChI is InChI=1S/C27H36N6O4S/c1-17(2)25-24-21(18-10-11-23(28-15-18)32(3)20-12-13-37-16-20)14-22(27(34)31-38(4,35)36)29-26(24)33(30-25)19-8-6-5-7-9-19/h10-11,14-15,17,19-20H,5-9,12-13,16H2,1-4H3,(H,31,34). The molecule has 1 amide bonds. The van der Waals surface area contributed by atoms with Gasteiger partial charge in [0, 0.05) is 25.4 Å². The van der Waals surface area contributed by atoms with Gasteiger partial charge in [0.1, 0.15) is 11.5 Å². The van der Waals surface area contributed by atoms with Gasteiger partial charge in [-0.3, -0.25) is 4.79 Å². The predicted molar refractivity (Wildman–Crippen MR) is 147 cm³/mol. The molecule has 3 aromatic heterocycles. The molecule has 1 aliphatic carbocycles. The molecule has 4 heterocycles. The maximum Gasteiger partial charge on any atom is 0.283 e. The van der Waals surface area contributed by atoms with E-state index in [9.17, 15) is 13.2 Å². The molecule has 5 rings (SSSR count). The smallest absolute Gasteiger partial charge is 0.283 e. The number of hydrogen-bond acceptors (Lipinski definition) is 8. The molecule has 0 bridgehead atoms. The predicted octanol–water partition coefficient (Wildman–Crippen LogP) is 4.04. The van der Waals surface area contributed by atoms with Crippen LogP contribution in [-0.4, -0.2) is 66.6 Å². The first-order chi connectivity index (χ1) is 18.1. The third-order valence-corrected chi connectivity index (χ3v) is 8.10. The van der Waals surface area contributed by atoms with Gasteiger partial charge < -0.3 is 9.64 Å². The zero-order chi connectivity index (χ0) is 27.0. The molecular weight excluding hydrogens is 504 g/mol. The number of rotatable bonds is 7. The zero-order valence-corrected chi connectivity index (χ0v) is 23.3. The summed E-state index contributed by atoms with van der Waals surface area (Å²) in [6.07, 6.45) is 9.16. The highest BCUT2D eigenvalue weighted by atomic mass is 32.2. The van der Waals surface area contributed by atoms with Gasteiger partial charge in [-0.25, -0.2) is 27.8 Å². The molecule has 2 aliphatic rings. The molecule has 10 nitrogen and oxygen atoms in total. The van der Waals surface area contributed by atoms with Crippen LogP contribution in [-0.2, 0) is 14.8 Å². The van der Waals surface area contributed by atoms with Crippen LogP contribution in [0.4, 0.5) is 5.82 Å². The number of amides is 1. The van der Waals surface area contributed by atoms with Crippen molar-refractivity contribution in [3.05, 3.63) is 35.8 Å². The molecule has 1 saturated heterocycles. The minimum Gasteiger partial charge on any atom is -0.379 e. The van der Waals surface area contributed by atoms with Crippen LogP contribution in [0.2, 0.25) is 0 Å². The summed E-state index contributed by atoms with van der Waals surface area (Å²) in [6.45, 7) is 5.63. The molecule has 0 spiro atoms. The van der Waals surface area contributed by atoms with E-state index in [1.165, 1.54) is 6.42 Å². The van der Waals surface area contributed by atoms with Crippen molar-refractivity contribution in [3.8, 4) is 11.1 Å². The highest BCUT2D eigenvalue weighted by Crippen LogP contribution is 2.38. The number of hydrogen-bond donors (Lipinski definition) is 1. The second-order valence-electron chi connectivity index (χ2n) is 10.8. The third kappa shape index (κ3) is 5.40. The molecule has 2 fully saturated rings. The second kappa shape index (κ2) is 10.6. The summed E-state index contributed by atoms with van der Waals surface area (Å²) in [5.74, 6) is 0.203. The lowest BCUT2D eigenvalue weighted by Crippen LogP contribution is -2.32. The van der Waals surface area contributed by atoms with Gasteiger partial charge in [-0.1, -0.05) is 33.1 Å². The van der Waals surface area contributed by atoms with Crippen LogP contribution in [0.3, 0.4) is 0 Å². The molecule has 1 N–H and O–H groups in total. The topological polar surface area (TPSA) is 119 Å². The van der Waals surface area contributed by atoms with Gasteiger partial charge in [0.25, 0.3) is 5.91 Å². The maximum atomic E-state index is 13.0. The van der Waals surface area contributed by atoms with Gasteiger partial charge in [-0.05, 0) is 48.9 Å². The average Bonchev–Trinajstić information content (AvgIpc) is 3.56. The number of pyridine rings is 2. The lowest BCUT2D eigenvalue weighted by molar-refractivity contribution is 0.0977. The largest absolute Gasteiger partial charge is 0.379 e. The van der Waals surface area contributed by atoms with E-state index >= 15 is 0 Å². The SMILES string of the molecule is CC(C)c1nn(C2CCCCC2)c2nc(C(=O)NS(C)(=O)=O)cc(-c3ccc(N(C)C4CCOC4)nc3)c12. The fourth-order valence-electron chi connectivity index (χ4n) is 5.48. The Labute approximate surface area is 223 Å². The van der Waals surface area contributed by atoms with Gasteiger partial charge in [-0.15, -0.1) is 0 Å². The number of carbonyl (C=O) groups excluding carboxylic acids is 1. The van der Waals surface area contributed by atoms with Crippen molar-refractivity contribution in [2.75, 3.05) is 31.4 Å². The number of nitrogens with one attached hydrogen (secondary N) is 1. The van der Waals surface area contributed by atoms with E-state index in [4.69, 9.17) is 19.8 Å². The minimum atomic E-state index is -3.75. The molecule has 0 radical (unpaired) electrons. The molecule has 1 atom stereocenters. The van der Waals surface area contributed by atoms with E-state index in [1.54, 1.807) is 12.3 Å². The van der Waals surface area contributed by atoms with Crippen molar-refractivity contribution < 1.29 is 17.9 Å². The van der Waals surface area contributed by atoms with E-state index in [1.807, 2.05) is 23.9 Å². The fraction of sp³-hybridized carbons (Fsp3) is 0.556. The lowest BCUT2D eigenvalue weighted by atomic mass is 9.95. The quantitative estimate of drug-likeness (QED) is 0.477. The van der Waals surface area contributed by atoms with E-state index < -0.39 is 15.9 Å². The summed E-state index contributed by atoms with van der Waals surface area (Å²) in [6, 6.07) is 6.09. The van der Waals surface area contributed by atoms with Gasteiger partial charge in [-0.2, -0.15) is 5.10 Å². The van der Waals surface area contributed by atoms with Crippen molar-refractivity contribution in [2.45, 2.75) is 70.4 Å². The van der Waals surface area contributed by atoms with Crippen molar-refractivity contribution in [2.24, 2.45) is 0 Å². The molecular formula is C27H36N6O4S. The Morgan fingerprint density at radius 3 is 2.55 bits per heavy atom. The van der Waals surface area contributed by atoms with Gasteiger partial charge >= 0.3 is 0 Å². The number of carbonyl (C=O) groups is 1. The van der Waals surface area contributed by atoms with Crippen LogP contribution in [0, 0.1) is 0 Å². The van der Waals surface area contributed by atoms with Crippen LogP contribution >= 0.6 is 0 Å². The summed E-state index contributed by atoms with van der Waals surface area (Å²) in [5, 5.41) is 5.92. The molecule has 1 saturated carbocycles. The summed E-state index contributed by atoms with van der Waals surface area (Å²) in [5.41, 5.74) is 3.14. The van der Waals surface area contributed by atoms with Crippen molar-refractivity contribution in [3.63, 3.8) is 0 Å². The number of likely N-dealkylation sites (N-methyl/N-ethyl adjacent to an activating group) is 1. The minimum absolute atomic E-state index is 0.0366. The average molecular weight is 541 g/mol. The summed E-state index contributed by atoms with van der Waals surface area (Å²) >= 11 is 0. The van der Waals surface area contributed by atoms with Crippen LogP contribution in [0.1, 0.15) is 80.5 Å². The molecule has 1 unspecified atom stereocenters. The van der Waals surface area contributed by atoms with Crippen LogP contribution in [0.15, 0.2) is 24.4 Å². The Morgan fingerprint density at radius 2 is 1.95 bits per heavy atom. The summed E-state index contributed by atoms with van der Waals surface area (Å²) in [7, 11) is -1.74. The fourth-order valence-corrected chi connectivity index (χ4v) is 5.92. The highest BCUT2D eigenvalue weighted by molar-refractivity contribution is 7.89. The Kier molecular flexibility index (Phi) is 7.41. The Bertz CT molecular complexity index is 1420. The number of aromatic nitrogens is 4. The van der Waals surface area contributed by atoms with Gasteiger partial charge in [0.15, 0.2) is 5.65 Å². The van der Waals surface area contributed by atoms with Crippen LogP contribution in [0.5, 0.6) is 0 Å². The highest BCUT2D eigenvalue weighted by Gasteiger charge is 2.27. The second-order valence-corrected chi connectivity index (χ2v) is 12.5. The molecule has 11 heteroatoms. The zero-order valence-electron chi connectivity index (χ0n) is 22.5. The van der Waals surface area contributed by atoms with E-state index in [0.29, 0.717) is 12.3 Å². The normalized spacial score (nSPS) is 18.8. The number of fused-ring (bicyclic) bond motifs is 1. The van der Waals surface area contributed by atoms with E-state index in [2.05, 4.69) is 23.5 Å². The van der Waals surface area contributed by atoms with Gasteiger partial charge in [0.2, 0.25) is 10.0 Å². The maximum absolute atomic E-state index is 13.0. The Balaban J connectivity index is 1.66. The van der Waals surface area contributed by atoms with E-state index in [0.717, 1.165) is 73.0 Å². The number of anilines is 1. The molecule has 1 aliphatic heterocycles. The van der Waals surface area contributed by atoms with Crippen LogP contribution in [0.25, 0.3) is 22.2 Å².